The van der Waals surface area contributed by atoms with Gasteiger partial charge in [0.15, 0.2) is 0 Å². The van der Waals surface area contributed by atoms with Crippen molar-refractivity contribution in [1.82, 2.24) is 10.2 Å². The monoisotopic (exact) mass is 312 g/mol. The number of nitrogens with zero attached hydrogens (tertiary/aromatic N) is 1. The van der Waals surface area contributed by atoms with Crippen LogP contribution in [0.2, 0.25) is 0 Å². The van der Waals surface area contributed by atoms with Gasteiger partial charge in [0.2, 0.25) is 5.91 Å². The fourth-order valence-corrected chi connectivity index (χ4v) is 3.09. The van der Waals surface area contributed by atoms with E-state index >= 15 is 0 Å². The molecule has 4 nitrogen and oxygen atoms in total. The molecule has 0 aliphatic carbocycles. The van der Waals surface area contributed by atoms with Gasteiger partial charge in [0.05, 0.1) is 5.56 Å². The highest BCUT2D eigenvalue weighted by Gasteiger charge is 2.42. The first-order valence-electron chi connectivity index (χ1n) is 7.17. The molecule has 1 aromatic carbocycles. The lowest BCUT2D eigenvalue weighted by Crippen LogP contribution is -2.45. The minimum atomic E-state index is -4.51. The van der Waals surface area contributed by atoms with E-state index in [1.807, 2.05) is 0 Å². The molecule has 0 unspecified atom stereocenters. The molecule has 3 rings (SSSR count). The maximum atomic E-state index is 13.1. The van der Waals surface area contributed by atoms with Gasteiger partial charge in [0, 0.05) is 18.7 Å². The molecule has 2 aliphatic heterocycles. The van der Waals surface area contributed by atoms with Crippen LogP contribution in [0, 0.1) is 0 Å². The number of carbonyl (C=O) groups excluding carboxylic acids is 2. The Kier molecular flexibility index (Phi) is 3.58. The smallest absolute Gasteiger partial charge is 0.354 e. The molecule has 0 saturated carbocycles. The Balaban J connectivity index is 1.95. The fourth-order valence-electron chi connectivity index (χ4n) is 3.09. The molecule has 7 heteroatoms. The number of halogens is 3. The van der Waals surface area contributed by atoms with E-state index in [4.69, 9.17) is 0 Å². The Morgan fingerprint density at radius 1 is 1.18 bits per heavy atom. The van der Waals surface area contributed by atoms with Crippen molar-refractivity contribution in [2.45, 2.75) is 38.0 Å². The molecule has 1 saturated heterocycles. The van der Waals surface area contributed by atoms with E-state index < -0.39 is 23.7 Å². The Morgan fingerprint density at radius 2 is 1.95 bits per heavy atom. The molecule has 0 aromatic heterocycles. The lowest BCUT2D eigenvalue weighted by molar-refractivity contribution is -0.138. The fraction of sp³-hybridized carbons (Fsp3) is 0.467. The van der Waals surface area contributed by atoms with Gasteiger partial charge in [-0.1, -0.05) is 6.07 Å². The zero-order valence-corrected chi connectivity index (χ0v) is 11.7. The number of rotatable bonds is 1. The Morgan fingerprint density at radius 3 is 2.68 bits per heavy atom. The second kappa shape index (κ2) is 5.30. The molecule has 0 spiro atoms. The largest absolute Gasteiger partial charge is 0.416 e. The maximum Gasteiger partial charge on any atom is 0.416 e. The summed E-state index contributed by atoms with van der Waals surface area (Å²) in [5.74, 6) is -0.782. The van der Waals surface area contributed by atoms with Gasteiger partial charge in [0.1, 0.15) is 6.04 Å². The van der Waals surface area contributed by atoms with Gasteiger partial charge in [0.25, 0.3) is 5.91 Å². The van der Waals surface area contributed by atoms with E-state index in [0.717, 1.165) is 18.9 Å². The predicted molar refractivity (Wildman–Crippen MR) is 72.0 cm³/mol. The third kappa shape index (κ3) is 2.44. The molecule has 2 heterocycles. The minimum absolute atomic E-state index is 0.0305. The number of fused-ring (bicyclic) bond motifs is 1. The number of benzene rings is 1. The van der Waals surface area contributed by atoms with E-state index in [1.54, 1.807) is 0 Å². The van der Waals surface area contributed by atoms with Crippen molar-refractivity contribution < 1.29 is 22.8 Å². The Labute approximate surface area is 125 Å². The van der Waals surface area contributed by atoms with Crippen LogP contribution in [0.4, 0.5) is 13.2 Å². The van der Waals surface area contributed by atoms with Gasteiger partial charge in [-0.25, -0.2) is 0 Å². The molecule has 2 amide bonds. The van der Waals surface area contributed by atoms with Gasteiger partial charge in [-0.3, -0.25) is 9.59 Å². The van der Waals surface area contributed by atoms with Crippen molar-refractivity contribution in [3.8, 4) is 0 Å². The zero-order valence-electron chi connectivity index (χ0n) is 11.7. The predicted octanol–water partition coefficient (Wildman–Crippen LogP) is 2.33. The lowest BCUT2D eigenvalue weighted by Gasteiger charge is -2.25. The van der Waals surface area contributed by atoms with Crippen LogP contribution in [0.5, 0.6) is 0 Å². The first-order chi connectivity index (χ1) is 10.4. The summed E-state index contributed by atoms with van der Waals surface area (Å²) in [4.78, 5) is 25.7. The number of alkyl halides is 3. The molecule has 1 atom stereocenters. The molecule has 1 N–H and O–H groups in total. The number of carbonyl (C=O) groups is 2. The number of amides is 2. The third-order valence-electron chi connectivity index (χ3n) is 4.18. The van der Waals surface area contributed by atoms with Gasteiger partial charge in [-0.05, 0) is 37.0 Å². The Hall–Kier alpha value is -2.05. The van der Waals surface area contributed by atoms with Crippen molar-refractivity contribution in [2.75, 3.05) is 6.54 Å². The SMILES string of the molecule is O=C1NCCCC[C@@H]1N1Cc2c(cccc2C(F)(F)F)C1=O. The van der Waals surface area contributed by atoms with E-state index in [9.17, 15) is 22.8 Å². The highest BCUT2D eigenvalue weighted by molar-refractivity contribution is 6.01. The quantitative estimate of drug-likeness (QED) is 0.865. The van der Waals surface area contributed by atoms with Crippen LogP contribution in [-0.2, 0) is 17.5 Å². The number of hydrogen-bond donors (Lipinski definition) is 1. The highest BCUT2D eigenvalue weighted by Crippen LogP contribution is 2.38. The van der Waals surface area contributed by atoms with Crippen LogP contribution >= 0.6 is 0 Å². The van der Waals surface area contributed by atoms with E-state index in [2.05, 4.69) is 5.32 Å². The van der Waals surface area contributed by atoms with Crippen molar-refractivity contribution in [3.63, 3.8) is 0 Å². The maximum absolute atomic E-state index is 13.1. The number of nitrogens with one attached hydrogen (secondary N) is 1. The molecular weight excluding hydrogens is 297 g/mol. The summed E-state index contributed by atoms with van der Waals surface area (Å²) in [6, 6.07) is 2.91. The van der Waals surface area contributed by atoms with Crippen molar-refractivity contribution in [2.24, 2.45) is 0 Å². The normalized spacial score (nSPS) is 22.3. The summed E-state index contributed by atoms with van der Waals surface area (Å²) < 4.78 is 39.2. The number of hydrogen-bond acceptors (Lipinski definition) is 2. The summed E-state index contributed by atoms with van der Waals surface area (Å²) in [5.41, 5.74) is -0.779. The summed E-state index contributed by atoms with van der Waals surface area (Å²) in [6.45, 7) is 0.375. The summed E-state index contributed by atoms with van der Waals surface area (Å²) in [7, 11) is 0. The highest BCUT2D eigenvalue weighted by atomic mass is 19.4. The molecule has 1 fully saturated rings. The molecule has 118 valence electrons. The topological polar surface area (TPSA) is 49.4 Å². The average molecular weight is 312 g/mol. The zero-order chi connectivity index (χ0) is 15.9. The Bertz CT molecular complexity index is 628. The van der Waals surface area contributed by atoms with Crippen molar-refractivity contribution in [3.05, 3.63) is 34.9 Å². The van der Waals surface area contributed by atoms with Gasteiger partial charge < -0.3 is 10.2 Å². The first-order valence-corrected chi connectivity index (χ1v) is 7.17. The van der Waals surface area contributed by atoms with Crippen molar-refractivity contribution >= 4 is 11.8 Å². The molecule has 0 radical (unpaired) electrons. The van der Waals surface area contributed by atoms with E-state index in [0.29, 0.717) is 13.0 Å². The summed E-state index contributed by atoms with van der Waals surface area (Å²) in [5, 5.41) is 2.71. The molecule has 22 heavy (non-hydrogen) atoms. The van der Waals surface area contributed by atoms with E-state index in [-0.39, 0.29) is 23.6 Å². The second-order valence-electron chi connectivity index (χ2n) is 5.57. The third-order valence-corrected chi connectivity index (χ3v) is 4.18. The van der Waals surface area contributed by atoms with Crippen molar-refractivity contribution in [1.29, 1.82) is 0 Å². The van der Waals surface area contributed by atoms with Crippen LogP contribution in [0.3, 0.4) is 0 Å². The molecule has 2 aliphatic rings. The van der Waals surface area contributed by atoms with Crippen LogP contribution in [-0.4, -0.2) is 29.3 Å². The summed E-state index contributed by atoms with van der Waals surface area (Å²) in [6.07, 6.45) is -2.46. The van der Waals surface area contributed by atoms with Gasteiger partial charge in [-0.2, -0.15) is 13.2 Å². The summed E-state index contributed by atoms with van der Waals surface area (Å²) >= 11 is 0. The average Bonchev–Trinajstić information content (AvgIpc) is 2.64. The van der Waals surface area contributed by atoms with E-state index in [1.165, 1.54) is 17.0 Å². The second-order valence-corrected chi connectivity index (χ2v) is 5.57. The van der Waals surface area contributed by atoms with Crippen LogP contribution in [0.25, 0.3) is 0 Å². The molecule has 0 bridgehead atoms. The molecule has 1 aromatic rings. The van der Waals surface area contributed by atoms with Crippen LogP contribution in [0.15, 0.2) is 18.2 Å². The standard InChI is InChI=1S/C15H15F3N2O2/c16-15(17,18)11-5-3-4-9-10(11)8-20(14(9)22)12-6-1-2-7-19-13(12)21/h3-5,12H,1-2,6-8H2,(H,19,21)/t12-/m0/s1. The lowest BCUT2D eigenvalue weighted by atomic mass is 10.0. The molecular formula is C15H15F3N2O2. The van der Waals surface area contributed by atoms with Gasteiger partial charge >= 0.3 is 6.18 Å². The minimum Gasteiger partial charge on any atom is -0.354 e. The van der Waals surface area contributed by atoms with Crippen LogP contribution < -0.4 is 5.32 Å². The van der Waals surface area contributed by atoms with Crippen LogP contribution in [0.1, 0.15) is 40.7 Å². The van der Waals surface area contributed by atoms with Gasteiger partial charge in [-0.15, -0.1) is 0 Å². The first kappa shape index (κ1) is 14.9.